The number of esters is 1. The zero-order valence-corrected chi connectivity index (χ0v) is 14.3. The van der Waals surface area contributed by atoms with Gasteiger partial charge in [-0.05, 0) is 39.5 Å². The maximum atomic E-state index is 11.9. The van der Waals surface area contributed by atoms with Crippen molar-refractivity contribution in [3.63, 3.8) is 0 Å². The largest absolute Gasteiger partial charge is 0.467 e. The number of amides is 1. The third kappa shape index (κ3) is 5.45. The molecule has 9 heteroatoms. The highest BCUT2D eigenvalue weighted by molar-refractivity contribution is 7.85. The van der Waals surface area contributed by atoms with Gasteiger partial charge in [0.05, 0.1) is 20.0 Å². The van der Waals surface area contributed by atoms with Crippen LogP contribution in [0.1, 0.15) is 33.6 Å². The third-order valence-corrected chi connectivity index (χ3v) is 3.67. The molecular weight excluding hydrogens is 314 g/mol. The standard InChI is InChI=1S/C13H23NO7S/c1-12(2,3)21-11(16)14-13(10(15)19-4)6-9(7-13)8-20-22(5,17)18/h9H,6-8H2,1-5H3,(H,14,16)/t9-,13-. The van der Waals surface area contributed by atoms with Crippen molar-refractivity contribution in [3.05, 3.63) is 0 Å². The number of hydrogen-bond donors (Lipinski definition) is 1. The summed E-state index contributed by atoms with van der Waals surface area (Å²) in [5, 5.41) is 2.52. The minimum atomic E-state index is -3.53. The van der Waals surface area contributed by atoms with E-state index >= 15 is 0 Å². The Hall–Kier alpha value is -1.35. The smallest absolute Gasteiger partial charge is 0.408 e. The van der Waals surface area contributed by atoms with Crippen LogP contribution in [0.5, 0.6) is 0 Å². The van der Waals surface area contributed by atoms with Crippen LogP contribution in [-0.4, -0.2) is 51.6 Å². The Kier molecular flexibility index (Phi) is 5.45. The van der Waals surface area contributed by atoms with E-state index in [9.17, 15) is 18.0 Å². The molecule has 0 spiro atoms. The van der Waals surface area contributed by atoms with E-state index in [1.807, 2.05) is 0 Å². The van der Waals surface area contributed by atoms with E-state index in [4.69, 9.17) is 13.7 Å². The number of nitrogens with one attached hydrogen (secondary N) is 1. The summed E-state index contributed by atoms with van der Waals surface area (Å²) in [5.41, 5.74) is -1.88. The van der Waals surface area contributed by atoms with E-state index in [1.165, 1.54) is 7.11 Å². The molecule has 0 heterocycles. The van der Waals surface area contributed by atoms with Crippen LogP contribution >= 0.6 is 0 Å². The Morgan fingerprint density at radius 2 is 1.82 bits per heavy atom. The zero-order chi connectivity index (χ0) is 17.2. The molecule has 8 nitrogen and oxygen atoms in total. The molecule has 128 valence electrons. The number of hydrogen-bond acceptors (Lipinski definition) is 7. The van der Waals surface area contributed by atoms with E-state index in [1.54, 1.807) is 20.8 Å². The maximum absolute atomic E-state index is 11.9. The predicted molar refractivity (Wildman–Crippen MR) is 77.6 cm³/mol. The molecule has 0 aliphatic heterocycles. The van der Waals surface area contributed by atoms with Crippen molar-refractivity contribution < 1.29 is 31.7 Å². The second-order valence-electron chi connectivity index (χ2n) is 6.46. The highest BCUT2D eigenvalue weighted by Crippen LogP contribution is 2.39. The lowest BCUT2D eigenvalue weighted by Gasteiger charge is -2.45. The number of carbonyl (C=O) groups excluding carboxylic acids is 2. The van der Waals surface area contributed by atoms with E-state index in [2.05, 4.69) is 5.32 Å². The van der Waals surface area contributed by atoms with Crippen molar-refractivity contribution >= 4 is 22.2 Å². The SMILES string of the molecule is COC(=O)[C@]1(NC(=O)OC(C)(C)C)C[C@H](COS(C)(=O)=O)C1. The van der Waals surface area contributed by atoms with E-state index in [0.29, 0.717) is 0 Å². The molecule has 1 aliphatic rings. The van der Waals surface area contributed by atoms with Gasteiger partial charge >= 0.3 is 12.1 Å². The van der Waals surface area contributed by atoms with Gasteiger partial charge in [0, 0.05) is 0 Å². The molecule has 1 N–H and O–H groups in total. The van der Waals surface area contributed by atoms with Gasteiger partial charge < -0.3 is 14.8 Å². The Morgan fingerprint density at radius 3 is 2.23 bits per heavy atom. The van der Waals surface area contributed by atoms with Crippen LogP contribution in [0.3, 0.4) is 0 Å². The third-order valence-electron chi connectivity index (χ3n) is 3.11. The summed E-state index contributed by atoms with van der Waals surface area (Å²) in [6.07, 6.45) is 0.696. The molecule has 0 bridgehead atoms. The first-order chi connectivity index (χ1) is 9.87. The molecule has 1 saturated carbocycles. The van der Waals surface area contributed by atoms with E-state index < -0.39 is 33.3 Å². The first-order valence-electron chi connectivity index (χ1n) is 6.81. The fourth-order valence-electron chi connectivity index (χ4n) is 2.28. The van der Waals surface area contributed by atoms with Gasteiger partial charge in [-0.1, -0.05) is 0 Å². The quantitative estimate of drug-likeness (QED) is 0.584. The average molecular weight is 337 g/mol. The van der Waals surface area contributed by atoms with Gasteiger partial charge in [0.2, 0.25) is 0 Å². The number of rotatable bonds is 5. The van der Waals surface area contributed by atoms with Crippen LogP contribution < -0.4 is 5.32 Å². The average Bonchev–Trinajstić information content (AvgIpc) is 2.27. The van der Waals surface area contributed by atoms with Crippen LogP contribution in [0.2, 0.25) is 0 Å². The zero-order valence-electron chi connectivity index (χ0n) is 13.5. The molecule has 0 unspecified atom stereocenters. The van der Waals surface area contributed by atoms with Crippen LogP contribution in [0.4, 0.5) is 4.79 Å². The van der Waals surface area contributed by atoms with Crippen LogP contribution in [0.25, 0.3) is 0 Å². The number of methoxy groups -OCH3 is 1. The van der Waals surface area contributed by atoms with Crippen molar-refractivity contribution in [2.45, 2.75) is 44.8 Å². The summed E-state index contributed by atoms with van der Waals surface area (Å²) in [7, 11) is -2.31. The topological polar surface area (TPSA) is 108 Å². The second kappa shape index (κ2) is 6.41. The first-order valence-corrected chi connectivity index (χ1v) is 8.62. The predicted octanol–water partition coefficient (Wildman–Crippen LogP) is 0.809. The Bertz CT molecular complexity index is 529. The first kappa shape index (κ1) is 18.7. The van der Waals surface area contributed by atoms with Crippen molar-refractivity contribution in [1.82, 2.24) is 5.32 Å². The lowest BCUT2D eigenvalue weighted by molar-refractivity contribution is -0.155. The fraction of sp³-hybridized carbons (Fsp3) is 0.846. The highest BCUT2D eigenvalue weighted by Gasteiger charge is 2.53. The molecule has 0 saturated heterocycles. The highest BCUT2D eigenvalue weighted by atomic mass is 32.2. The van der Waals surface area contributed by atoms with Crippen LogP contribution in [0.15, 0.2) is 0 Å². The minimum absolute atomic E-state index is 0.0342. The summed E-state index contributed by atoms with van der Waals surface area (Å²) < 4.78 is 36.5. The van der Waals surface area contributed by atoms with Gasteiger partial charge in [0.25, 0.3) is 10.1 Å². The van der Waals surface area contributed by atoms with Crippen molar-refractivity contribution in [2.75, 3.05) is 20.0 Å². The summed E-state index contributed by atoms with van der Waals surface area (Å²) in [6, 6.07) is 0. The van der Waals surface area contributed by atoms with Crippen LogP contribution in [-0.2, 0) is 28.6 Å². The molecule has 0 atom stereocenters. The van der Waals surface area contributed by atoms with Gasteiger partial charge in [-0.3, -0.25) is 4.18 Å². The van der Waals surface area contributed by atoms with Gasteiger partial charge in [-0.25, -0.2) is 9.59 Å². The Morgan fingerprint density at radius 1 is 1.27 bits per heavy atom. The number of ether oxygens (including phenoxy) is 2. The molecule has 22 heavy (non-hydrogen) atoms. The van der Waals surface area contributed by atoms with Crippen molar-refractivity contribution in [3.8, 4) is 0 Å². The van der Waals surface area contributed by atoms with Crippen molar-refractivity contribution in [1.29, 1.82) is 0 Å². The normalized spacial score (nSPS) is 25.0. The molecule has 0 aromatic heterocycles. The van der Waals surface area contributed by atoms with Gasteiger partial charge in [0.1, 0.15) is 11.1 Å². The van der Waals surface area contributed by atoms with Gasteiger partial charge in [0.15, 0.2) is 0 Å². The minimum Gasteiger partial charge on any atom is -0.467 e. The lowest BCUT2D eigenvalue weighted by Crippen LogP contribution is -2.64. The fourth-order valence-corrected chi connectivity index (χ4v) is 2.72. The molecule has 0 aromatic rings. The summed E-state index contributed by atoms with van der Waals surface area (Å²) in [5.74, 6) is -0.752. The summed E-state index contributed by atoms with van der Waals surface area (Å²) >= 11 is 0. The Labute approximate surface area is 130 Å². The summed E-state index contributed by atoms with van der Waals surface area (Å²) in [6.45, 7) is 5.09. The molecule has 1 rings (SSSR count). The molecule has 0 radical (unpaired) electrons. The van der Waals surface area contributed by atoms with Gasteiger partial charge in [-0.2, -0.15) is 8.42 Å². The lowest BCUT2D eigenvalue weighted by atomic mass is 9.68. The Balaban J connectivity index is 2.65. The molecule has 0 aromatic carbocycles. The van der Waals surface area contributed by atoms with Crippen molar-refractivity contribution in [2.24, 2.45) is 5.92 Å². The molecule has 1 aliphatic carbocycles. The summed E-state index contributed by atoms with van der Waals surface area (Å²) in [4.78, 5) is 23.8. The van der Waals surface area contributed by atoms with E-state index in [0.717, 1.165) is 6.26 Å². The van der Waals surface area contributed by atoms with Gasteiger partial charge in [-0.15, -0.1) is 0 Å². The molecule has 1 fully saturated rings. The monoisotopic (exact) mass is 337 g/mol. The van der Waals surface area contributed by atoms with E-state index in [-0.39, 0.29) is 25.4 Å². The molecular formula is C13H23NO7S. The molecule has 1 amide bonds. The second-order valence-corrected chi connectivity index (χ2v) is 8.11. The maximum Gasteiger partial charge on any atom is 0.408 e. The van der Waals surface area contributed by atoms with Crippen LogP contribution in [0, 0.1) is 5.92 Å². The number of carbonyl (C=O) groups is 2. The number of alkyl carbamates (subject to hydrolysis) is 1.